The lowest BCUT2D eigenvalue weighted by Gasteiger charge is -2.26. The molecule has 0 saturated carbocycles. The van der Waals surface area contributed by atoms with Crippen molar-refractivity contribution in [2.45, 2.75) is 32.3 Å². The summed E-state index contributed by atoms with van der Waals surface area (Å²) in [4.78, 5) is 19.8. The second-order valence-corrected chi connectivity index (χ2v) is 7.93. The van der Waals surface area contributed by atoms with Crippen molar-refractivity contribution in [1.29, 1.82) is 0 Å². The molecule has 1 aliphatic heterocycles. The van der Waals surface area contributed by atoms with Gasteiger partial charge in [0.2, 0.25) is 0 Å². The number of amidine groups is 1. The van der Waals surface area contributed by atoms with Crippen molar-refractivity contribution < 1.29 is 18.3 Å². The normalized spacial score (nSPS) is 13.8. The summed E-state index contributed by atoms with van der Waals surface area (Å²) in [7, 11) is 0. The summed E-state index contributed by atoms with van der Waals surface area (Å²) in [5.41, 5.74) is 3.49. The number of carbonyl (C=O) groups excluding carboxylic acids is 1. The van der Waals surface area contributed by atoms with Crippen LogP contribution in [0.15, 0.2) is 83.9 Å². The lowest BCUT2D eigenvalue weighted by Crippen LogP contribution is -2.36. The van der Waals surface area contributed by atoms with Crippen molar-refractivity contribution in [2.75, 3.05) is 18.0 Å². The Bertz CT molecular complexity index is 1080. The summed E-state index contributed by atoms with van der Waals surface area (Å²) < 4.78 is 29.5. The van der Waals surface area contributed by atoms with Crippen molar-refractivity contribution in [3.8, 4) is 16.9 Å². The molecule has 0 spiro atoms. The first-order chi connectivity index (χ1) is 16.1. The van der Waals surface area contributed by atoms with E-state index in [1.54, 1.807) is 12.1 Å². The molecular weight excluding hydrogens is 422 g/mol. The average Bonchev–Trinajstić information content (AvgIpc) is 3.13. The molecule has 1 aliphatic rings. The van der Waals surface area contributed by atoms with Crippen molar-refractivity contribution in [3.05, 3.63) is 84.4 Å². The highest BCUT2D eigenvalue weighted by atomic mass is 19.3. The van der Waals surface area contributed by atoms with E-state index < -0.39 is 6.61 Å². The third-order valence-corrected chi connectivity index (χ3v) is 5.65. The minimum Gasteiger partial charge on any atom is -0.435 e. The van der Waals surface area contributed by atoms with Crippen LogP contribution in [-0.4, -0.2) is 31.3 Å². The number of nitrogens with zero attached hydrogens (tertiary/aromatic N) is 2. The molecule has 0 fully saturated rings. The van der Waals surface area contributed by atoms with Crippen LogP contribution in [-0.2, 0) is 0 Å². The van der Waals surface area contributed by atoms with E-state index in [-0.39, 0.29) is 18.1 Å². The number of rotatable bonds is 7. The molecule has 0 radical (unpaired) electrons. The lowest BCUT2D eigenvalue weighted by atomic mass is 10.0. The predicted octanol–water partition coefficient (Wildman–Crippen LogP) is 6.62. The molecule has 4 nitrogen and oxygen atoms in total. The quantitative estimate of drug-likeness (QED) is 0.382. The van der Waals surface area contributed by atoms with Gasteiger partial charge in [0.25, 0.3) is 0 Å². The number of anilines is 1. The Labute approximate surface area is 192 Å². The van der Waals surface area contributed by atoms with E-state index in [4.69, 9.17) is 4.99 Å². The number of ether oxygens (including phenoxy) is 1. The van der Waals surface area contributed by atoms with E-state index in [1.165, 1.54) is 12.1 Å². The van der Waals surface area contributed by atoms with Gasteiger partial charge < -0.3 is 9.64 Å². The molecule has 0 aromatic heterocycles. The largest absolute Gasteiger partial charge is 0.435 e. The molecule has 0 N–H and O–H groups in total. The van der Waals surface area contributed by atoms with Crippen LogP contribution >= 0.6 is 0 Å². The van der Waals surface area contributed by atoms with Crippen LogP contribution in [0, 0.1) is 0 Å². The SMILES string of the molecule is O=C(CN(C1=NCCCCC1)c1ccc(OC(F)F)cc1)c1ccc(-c2ccccc2)cc1. The standard InChI is InChI=1S/C27H26F2N2O2/c28-27(29)33-24-16-14-23(15-17-24)31(26-9-5-2-6-18-30-26)19-25(32)22-12-10-21(11-13-22)20-7-3-1-4-8-20/h1,3-4,7-8,10-17,27H,2,5-6,9,18-19H2. The van der Waals surface area contributed by atoms with Crippen LogP contribution in [0.4, 0.5) is 14.5 Å². The van der Waals surface area contributed by atoms with E-state index in [2.05, 4.69) is 4.74 Å². The fourth-order valence-corrected chi connectivity index (χ4v) is 3.93. The monoisotopic (exact) mass is 448 g/mol. The molecule has 0 bridgehead atoms. The molecular formula is C27H26F2N2O2. The van der Waals surface area contributed by atoms with E-state index >= 15 is 0 Å². The summed E-state index contributed by atoms with van der Waals surface area (Å²) in [6.07, 6.45) is 3.89. The second kappa shape index (κ2) is 10.9. The van der Waals surface area contributed by atoms with Crippen LogP contribution in [0.5, 0.6) is 5.75 Å². The van der Waals surface area contributed by atoms with Gasteiger partial charge in [0.05, 0.1) is 6.54 Å². The second-order valence-electron chi connectivity index (χ2n) is 7.93. The van der Waals surface area contributed by atoms with Gasteiger partial charge in [-0.3, -0.25) is 9.79 Å². The van der Waals surface area contributed by atoms with Crippen LogP contribution in [0.1, 0.15) is 36.0 Å². The van der Waals surface area contributed by atoms with Crippen LogP contribution in [0.3, 0.4) is 0 Å². The smallest absolute Gasteiger partial charge is 0.387 e. The van der Waals surface area contributed by atoms with E-state index in [9.17, 15) is 13.6 Å². The first-order valence-electron chi connectivity index (χ1n) is 11.1. The number of ketones is 1. The number of Topliss-reactive ketones (excluding diaryl/α,β-unsaturated/α-hetero) is 1. The summed E-state index contributed by atoms with van der Waals surface area (Å²) in [6.45, 7) is -2.03. The van der Waals surface area contributed by atoms with Crippen LogP contribution in [0.25, 0.3) is 11.1 Å². The van der Waals surface area contributed by atoms with Crippen LogP contribution < -0.4 is 9.64 Å². The first-order valence-corrected chi connectivity index (χ1v) is 11.1. The van der Waals surface area contributed by atoms with Gasteiger partial charge in [0.1, 0.15) is 11.6 Å². The maximum absolute atomic E-state index is 13.2. The zero-order chi connectivity index (χ0) is 23.0. The van der Waals surface area contributed by atoms with Crippen molar-refractivity contribution >= 4 is 17.3 Å². The van der Waals surface area contributed by atoms with Crippen molar-refractivity contribution in [3.63, 3.8) is 0 Å². The molecule has 0 aliphatic carbocycles. The molecule has 3 aromatic rings. The van der Waals surface area contributed by atoms with Crippen molar-refractivity contribution in [1.82, 2.24) is 0 Å². The molecule has 4 rings (SSSR count). The van der Waals surface area contributed by atoms with E-state index in [1.807, 2.05) is 59.5 Å². The molecule has 170 valence electrons. The average molecular weight is 449 g/mol. The summed E-state index contributed by atoms with van der Waals surface area (Å²) in [5, 5.41) is 0. The highest BCUT2D eigenvalue weighted by Crippen LogP contribution is 2.25. The maximum Gasteiger partial charge on any atom is 0.387 e. The van der Waals surface area contributed by atoms with E-state index in [0.717, 1.165) is 54.9 Å². The number of aliphatic imine (C=N–C) groups is 1. The Hall–Kier alpha value is -3.54. The molecule has 3 aromatic carbocycles. The maximum atomic E-state index is 13.2. The fraction of sp³-hybridized carbons (Fsp3) is 0.259. The topological polar surface area (TPSA) is 41.9 Å². The summed E-state index contributed by atoms with van der Waals surface area (Å²) >= 11 is 0. The van der Waals surface area contributed by atoms with Crippen molar-refractivity contribution in [2.24, 2.45) is 4.99 Å². The minimum atomic E-state index is -2.88. The molecule has 1 heterocycles. The molecule has 0 saturated heterocycles. The van der Waals surface area contributed by atoms with E-state index in [0.29, 0.717) is 5.56 Å². The first kappa shape index (κ1) is 22.6. The number of carbonyl (C=O) groups is 1. The Morgan fingerprint density at radius 1 is 0.879 bits per heavy atom. The third kappa shape index (κ3) is 6.04. The van der Waals surface area contributed by atoms with Gasteiger partial charge in [-0.1, -0.05) is 61.0 Å². The zero-order valence-corrected chi connectivity index (χ0v) is 18.3. The molecule has 6 heteroatoms. The number of alkyl halides is 2. The Kier molecular flexibility index (Phi) is 7.45. The zero-order valence-electron chi connectivity index (χ0n) is 18.3. The van der Waals surface area contributed by atoms with Gasteiger partial charge in [-0.15, -0.1) is 0 Å². The predicted molar refractivity (Wildman–Crippen MR) is 127 cm³/mol. The van der Waals surface area contributed by atoms with Gasteiger partial charge in [0.15, 0.2) is 5.78 Å². The molecule has 0 amide bonds. The van der Waals surface area contributed by atoms with Gasteiger partial charge in [-0.05, 0) is 48.2 Å². The van der Waals surface area contributed by atoms with Gasteiger partial charge in [0, 0.05) is 24.2 Å². The summed E-state index contributed by atoms with van der Waals surface area (Å²) in [6, 6.07) is 24.0. The minimum absolute atomic E-state index is 0.0329. The number of halogens is 2. The van der Waals surface area contributed by atoms with Gasteiger partial charge in [-0.2, -0.15) is 8.78 Å². The Balaban J connectivity index is 1.55. The number of hydrogen-bond donors (Lipinski definition) is 0. The lowest BCUT2D eigenvalue weighted by molar-refractivity contribution is -0.0498. The summed E-state index contributed by atoms with van der Waals surface area (Å²) in [5.74, 6) is 0.901. The van der Waals surface area contributed by atoms with Gasteiger partial charge >= 0.3 is 6.61 Å². The fourth-order valence-electron chi connectivity index (χ4n) is 3.93. The highest BCUT2D eigenvalue weighted by molar-refractivity contribution is 6.07. The Morgan fingerprint density at radius 3 is 2.27 bits per heavy atom. The van der Waals surface area contributed by atoms with Gasteiger partial charge in [-0.25, -0.2) is 0 Å². The van der Waals surface area contributed by atoms with Crippen LogP contribution in [0.2, 0.25) is 0 Å². The molecule has 0 unspecified atom stereocenters. The third-order valence-electron chi connectivity index (χ3n) is 5.65. The number of benzene rings is 3. The highest BCUT2D eigenvalue weighted by Gasteiger charge is 2.20. The molecule has 33 heavy (non-hydrogen) atoms. The number of hydrogen-bond acceptors (Lipinski definition) is 4. The molecule has 0 atom stereocenters. The Morgan fingerprint density at radius 2 is 1.58 bits per heavy atom.